The molecule has 0 fully saturated rings. The van der Waals surface area contributed by atoms with Crippen LogP contribution in [0.2, 0.25) is 0 Å². The Morgan fingerprint density at radius 1 is 1.17 bits per heavy atom. The number of amides is 1. The van der Waals surface area contributed by atoms with Crippen LogP contribution in [0.15, 0.2) is 54.2 Å². The number of hydrogen-bond donors (Lipinski definition) is 2. The number of anilines is 3. The Morgan fingerprint density at radius 2 is 2.00 bits per heavy atom. The molecule has 0 unspecified atom stereocenters. The number of aromatic nitrogens is 2. The van der Waals surface area contributed by atoms with Gasteiger partial charge in [-0.1, -0.05) is 19.1 Å². The van der Waals surface area contributed by atoms with Gasteiger partial charge < -0.3 is 10.6 Å². The van der Waals surface area contributed by atoms with Gasteiger partial charge in [0.05, 0.1) is 11.9 Å². The number of thiazole rings is 1. The average molecular weight is 324 g/mol. The Morgan fingerprint density at radius 3 is 2.70 bits per heavy atom. The number of hydrogen-bond acceptors (Lipinski definition) is 5. The van der Waals surface area contributed by atoms with E-state index < -0.39 is 0 Å². The number of aryl methyl sites for hydroxylation is 1. The molecule has 3 rings (SSSR count). The molecule has 0 aliphatic rings. The first kappa shape index (κ1) is 15.2. The van der Waals surface area contributed by atoms with Crippen LogP contribution in [0.1, 0.15) is 23.0 Å². The van der Waals surface area contributed by atoms with E-state index in [4.69, 9.17) is 0 Å². The summed E-state index contributed by atoms with van der Waals surface area (Å²) in [6, 6.07) is 11.5. The van der Waals surface area contributed by atoms with Crippen molar-refractivity contribution in [1.82, 2.24) is 9.97 Å². The molecular weight excluding hydrogens is 308 g/mol. The van der Waals surface area contributed by atoms with Crippen LogP contribution in [0.3, 0.4) is 0 Å². The maximum absolute atomic E-state index is 12.2. The van der Waals surface area contributed by atoms with E-state index in [-0.39, 0.29) is 5.91 Å². The molecular formula is C17H16N4OS. The SMILES string of the molecule is CCc1ccc(NC(=O)c2csc(Nc3cccnc3)n2)cc1. The molecule has 0 aliphatic carbocycles. The topological polar surface area (TPSA) is 66.9 Å². The minimum atomic E-state index is -0.218. The first-order chi connectivity index (χ1) is 11.2. The van der Waals surface area contributed by atoms with E-state index in [1.807, 2.05) is 36.4 Å². The largest absolute Gasteiger partial charge is 0.330 e. The molecule has 6 heteroatoms. The van der Waals surface area contributed by atoms with Crippen LogP contribution in [-0.4, -0.2) is 15.9 Å². The molecule has 0 atom stereocenters. The van der Waals surface area contributed by atoms with E-state index in [9.17, 15) is 4.79 Å². The van der Waals surface area contributed by atoms with Crippen molar-refractivity contribution in [2.75, 3.05) is 10.6 Å². The lowest BCUT2D eigenvalue weighted by atomic mass is 10.1. The van der Waals surface area contributed by atoms with Crippen LogP contribution in [0, 0.1) is 0 Å². The van der Waals surface area contributed by atoms with Crippen molar-refractivity contribution in [2.24, 2.45) is 0 Å². The van der Waals surface area contributed by atoms with Gasteiger partial charge in [0.25, 0.3) is 5.91 Å². The molecule has 0 saturated carbocycles. The highest BCUT2D eigenvalue weighted by Crippen LogP contribution is 2.21. The van der Waals surface area contributed by atoms with Crippen molar-refractivity contribution in [1.29, 1.82) is 0 Å². The van der Waals surface area contributed by atoms with Gasteiger partial charge in [-0.3, -0.25) is 9.78 Å². The smallest absolute Gasteiger partial charge is 0.275 e. The fourth-order valence-corrected chi connectivity index (χ4v) is 2.73. The van der Waals surface area contributed by atoms with Gasteiger partial charge in [0.2, 0.25) is 0 Å². The summed E-state index contributed by atoms with van der Waals surface area (Å²) < 4.78 is 0. The highest BCUT2D eigenvalue weighted by molar-refractivity contribution is 7.14. The third kappa shape index (κ3) is 3.92. The lowest BCUT2D eigenvalue weighted by Gasteiger charge is -2.04. The average Bonchev–Trinajstić information content (AvgIpc) is 3.05. The first-order valence-electron chi connectivity index (χ1n) is 7.27. The third-order valence-corrected chi connectivity index (χ3v) is 4.03. The van der Waals surface area contributed by atoms with Crippen molar-refractivity contribution >= 4 is 33.8 Å². The minimum absolute atomic E-state index is 0.218. The van der Waals surface area contributed by atoms with E-state index in [0.29, 0.717) is 10.8 Å². The quantitative estimate of drug-likeness (QED) is 0.741. The van der Waals surface area contributed by atoms with Gasteiger partial charge in [0.1, 0.15) is 5.69 Å². The van der Waals surface area contributed by atoms with Crippen molar-refractivity contribution in [3.63, 3.8) is 0 Å². The second-order valence-electron chi connectivity index (χ2n) is 4.91. The molecule has 5 nitrogen and oxygen atoms in total. The maximum Gasteiger partial charge on any atom is 0.275 e. The van der Waals surface area contributed by atoms with Gasteiger partial charge in [-0.15, -0.1) is 11.3 Å². The zero-order chi connectivity index (χ0) is 16.1. The second-order valence-corrected chi connectivity index (χ2v) is 5.77. The third-order valence-electron chi connectivity index (χ3n) is 3.27. The van der Waals surface area contributed by atoms with Gasteiger partial charge in [0.15, 0.2) is 5.13 Å². The summed E-state index contributed by atoms with van der Waals surface area (Å²) in [5, 5.41) is 8.36. The summed E-state index contributed by atoms with van der Waals surface area (Å²) in [6.07, 6.45) is 4.38. The molecule has 1 aromatic carbocycles. The monoisotopic (exact) mass is 324 g/mol. The number of rotatable bonds is 5. The van der Waals surface area contributed by atoms with Gasteiger partial charge in [0, 0.05) is 17.3 Å². The number of carbonyl (C=O) groups excluding carboxylic acids is 1. The molecule has 0 spiro atoms. The Kier molecular flexibility index (Phi) is 4.63. The van der Waals surface area contributed by atoms with Crippen LogP contribution in [0.5, 0.6) is 0 Å². The number of carbonyl (C=O) groups is 1. The van der Waals surface area contributed by atoms with Crippen molar-refractivity contribution in [2.45, 2.75) is 13.3 Å². The second kappa shape index (κ2) is 7.02. The number of nitrogens with zero attached hydrogens (tertiary/aromatic N) is 2. The summed E-state index contributed by atoms with van der Waals surface area (Å²) in [5.41, 5.74) is 3.23. The van der Waals surface area contributed by atoms with Crippen molar-refractivity contribution in [3.8, 4) is 0 Å². The van der Waals surface area contributed by atoms with Crippen molar-refractivity contribution < 1.29 is 4.79 Å². The lowest BCUT2D eigenvalue weighted by molar-refractivity contribution is 0.102. The standard InChI is InChI=1S/C17H16N4OS/c1-2-12-5-7-13(8-6-12)19-16(22)15-11-23-17(21-15)20-14-4-3-9-18-10-14/h3-11H,2H2,1H3,(H,19,22)(H,20,21). The van der Waals surface area contributed by atoms with E-state index in [1.165, 1.54) is 16.9 Å². The molecule has 0 aliphatic heterocycles. The normalized spacial score (nSPS) is 10.3. The molecule has 2 N–H and O–H groups in total. The molecule has 1 amide bonds. The van der Waals surface area contributed by atoms with Gasteiger partial charge in [-0.25, -0.2) is 4.98 Å². The highest BCUT2D eigenvalue weighted by Gasteiger charge is 2.11. The van der Waals surface area contributed by atoms with Crippen LogP contribution >= 0.6 is 11.3 Å². The minimum Gasteiger partial charge on any atom is -0.330 e. The lowest BCUT2D eigenvalue weighted by Crippen LogP contribution is -2.12. The predicted molar refractivity (Wildman–Crippen MR) is 93.4 cm³/mol. The Labute approximate surface area is 138 Å². The van der Waals surface area contributed by atoms with Gasteiger partial charge >= 0.3 is 0 Å². The molecule has 0 bridgehead atoms. The molecule has 2 heterocycles. The van der Waals surface area contributed by atoms with Crippen molar-refractivity contribution in [3.05, 3.63) is 65.4 Å². The fourth-order valence-electron chi connectivity index (χ4n) is 2.01. The molecule has 2 aromatic heterocycles. The Bertz CT molecular complexity index is 784. The summed E-state index contributed by atoms with van der Waals surface area (Å²) in [7, 11) is 0. The van der Waals surface area contributed by atoms with Crippen LogP contribution in [0.25, 0.3) is 0 Å². The number of nitrogens with one attached hydrogen (secondary N) is 2. The maximum atomic E-state index is 12.2. The van der Waals surface area contributed by atoms with Crippen LogP contribution in [-0.2, 0) is 6.42 Å². The first-order valence-corrected chi connectivity index (χ1v) is 8.15. The predicted octanol–water partition coefficient (Wildman–Crippen LogP) is 4.10. The molecule has 116 valence electrons. The van der Waals surface area contributed by atoms with Gasteiger partial charge in [-0.2, -0.15) is 0 Å². The van der Waals surface area contributed by atoms with E-state index >= 15 is 0 Å². The highest BCUT2D eigenvalue weighted by atomic mass is 32.1. The number of benzene rings is 1. The van der Waals surface area contributed by atoms with E-state index in [1.54, 1.807) is 17.8 Å². The summed E-state index contributed by atoms with van der Waals surface area (Å²) in [6.45, 7) is 2.10. The summed E-state index contributed by atoms with van der Waals surface area (Å²) in [4.78, 5) is 20.6. The zero-order valence-corrected chi connectivity index (χ0v) is 13.4. The van der Waals surface area contributed by atoms with Gasteiger partial charge in [-0.05, 0) is 36.2 Å². The summed E-state index contributed by atoms with van der Waals surface area (Å²) >= 11 is 1.38. The number of pyridine rings is 1. The fraction of sp³-hybridized carbons (Fsp3) is 0.118. The molecule has 0 radical (unpaired) electrons. The molecule has 3 aromatic rings. The molecule has 0 saturated heterocycles. The molecule has 23 heavy (non-hydrogen) atoms. The summed E-state index contributed by atoms with van der Waals surface area (Å²) in [5.74, 6) is -0.218. The Balaban J connectivity index is 1.66. The van der Waals surface area contributed by atoms with Crippen LogP contribution < -0.4 is 10.6 Å². The van der Waals surface area contributed by atoms with Crippen LogP contribution in [0.4, 0.5) is 16.5 Å². The zero-order valence-electron chi connectivity index (χ0n) is 12.6. The Hall–Kier alpha value is -2.73. The van der Waals surface area contributed by atoms with E-state index in [0.717, 1.165) is 17.8 Å². The van der Waals surface area contributed by atoms with E-state index in [2.05, 4.69) is 27.5 Å².